The number of piperazine rings is 1. The maximum atomic E-state index is 12.9. The highest BCUT2D eigenvalue weighted by Gasteiger charge is 2.34. The fourth-order valence-electron chi connectivity index (χ4n) is 4.78. The molecular weight excluding hydrogens is 388 g/mol. The van der Waals surface area contributed by atoms with Crippen LogP contribution in [0.2, 0.25) is 0 Å². The zero-order valence-electron chi connectivity index (χ0n) is 17.0. The quantitative estimate of drug-likeness (QED) is 0.745. The van der Waals surface area contributed by atoms with E-state index in [-0.39, 0.29) is 17.7 Å². The van der Waals surface area contributed by atoms with Crippen molar-refractivity contribution in [1.29, 1.82) is 0 Å². The molecule has 0 N–H and O–H groups in total. The topological polar surface area (TPSA) is 66.0 Å². The minimum absolute atomic E-state index is 0.0887. The third-order valence-corrected chi connectivity index (χ3v) is 8.10. The largest absolute Gasteiger partial charge is 0.378 e. The Kier molecular flexibility index (Phi) is 5.47. The maximum absolute atomic E-state index is 12.9. The van der Waals surface area contributed by atoms with E-state index in [4.69, 9.17) is 9.72 Å². The summed E-state index contributed by atoms with van der Waals surface area (Å²) < 4.78 is 5.38. The first-order valence-electron chi connectivity index (χ1n) is 11.1. The van der Waals surface area contributed by atoms with Gasteiger partial charge in [-0.2, -0.15) is 0 Å². The molecule has 7 nitrogen and oxygen atoms in total. The predicted molar refractivity (Wildman–Crippen MR) is 111 cm³/mol. The second-order valence-electron chi connectivity index (χ2n) is 8.68. The number of aromatic nitrogens is 1. The normalized spacial score (nSPS) is 25.5. The number of carbonyl (C=O) groups is 2. The van der Waals surface area contributed by atoms with Crippen molar-refractivity contribution in [3.63, 3.8) is 0 Å². The molecule has 2 aliphatic heterocycles. The van der Waals surface area contributed by atoms with Crippen molar-refractivity contribution in [3.05, 3.63) is 10.6 Å². The van der Waals surface area contributed by atoms with Crippen molar-refractivity contribution in [3.8, 4) is 0 Å². The monoisotopic (exact) mass is 418 g/mol. The highest BCUT2D eigenvalue weighted by Crippen LogP contribution is 2.35. The minimum atomic E-state index is 0.0887. The van der Waals surface area contributed by atoms with Crippen LogP contribution >= 0.6 is 11.3 Å². The second kappa shape index (κ2) is 8.22. The number of aryl methyl sites for hydroxylation is 1. The van der Waals surface area contributed by atoms with Gasteiger partial charge in [-0.25, -0.2) is 4.98 Å². The Labute approximate surface area is 176 Å². The zero-order valence-corrected chi connectivity index (χ0v) is 17.8. The number of hydrogen-bond acceptors (Lipinski definition) is 6. The molecule has 2 aliphatic carbocycles. The van der Waals surface area contributed by atoms with E-state index in [0.29, 0.717) is 19.1 Å². The number of thiazole rings is 1. The molecule has 3 heterocycles. The molecule has 0 bridgehead atoms. The lowest BCUT2D eigenvalue weighted by Gasteiger charge is -2.38. The van der Waals surface area contributed by atoms with E-state index in [1.165, 1.54) is 17.0 Å². The van der Waals surface area contributed by atoms with Crippen molar-refractivity contribution < 1.29 is 14.3 Å². The van der Waals surface area contributed by atoms with Crippen LogP contribution in [-0.2, 0) is 27.2 Å². The Morgan fingerprint density at radius 1 is 0.897 bits per heavy atom. The van der Waals surface area contributed by atoms with Gasteiger partial charge in [0, 0.05) is 56.0 Å². The number of anilines is 1. The van der Waals surface area contributed by atoms with E-state index >= 15 is 0 Å². The van der Waals surface area contributed by atoms with Crippen LogP contribution in [0.1, 0.15) is 36.3 Å². The summed E-state index contributed by atoms with van der Waals surface area (Å²) in [5.74, 6) is 1.02. The predicted octanol–water partition coefficient (Wildman–Crippen LogP) is 1.56. The molecule has 5 rings (SSSR count). The molecule has 2 saturated heterocycles. The van der Waals surface area contributed by atoms with Crippen LogP contribution in [0.5, 0.6) is 0 Å². The fourth-order valence-corrected chi connectivity index (χ4v) is 6.02. The van der Waals surface area contributed by atoms with Crippen LogP contribution in [0.25, 0.3) is 0 Å². The van der Waals surface area contributed by atoms with Crippen LogP contribution in [0.3, 0.4) is 0 Å². The average Bonchev–Trinajstić information content (AvgIpc) is 3.16. The number of fused-ring (bicyclic) bond motifs is 1. The van der Waals surface area contributed by atoms with Gasteiger partial charge in [-0.15, -0.1) is 11.3 Å². The fraction of sp³-hybridized carbons (Fsp3) is 0.762. The van der Waals surface area contributed by atoms with Crippen LogP contribution in [-0.4, -0.2) is 79.1 Å². The summed E-state index contributed by atoms with van der Waals surface area (Å²) in [6.45, 7) is 6.09. The summed E-state index contributed by atoms with van der Waals surface area (Å²) in [5.41, 5.74) is 1.18. The summed E-state index contributed by atoms with van der Waals surface area (Å²) in [6.07, 6.45) is 5.97. The SMILES string of the molecule is O=C(C1CCC1)N1CCN(c2nc3c(s2)C[C@@H](C(=O)N2CCOCC2)CC3)CC1. The molecule has 4 aliphatic rings. The molecule has 1 saturated carbocycles. The van der Waals surface area contributed by atoms with Gasteiger partial charge in [0.15, 0.2) is 5.13 Å². The number of ether oxygens (including phenoxy) is 1. The first-order valence-corrected chi connectivity index (χ1v) is 11.9. The van der Waals surface area contributed by atoms with Gasteiger partial charge in [0.1, 0.15) is 0 Å². The maximum Gasteiger partial charge on any atom is 0.226 e. The van der Waals surface area contributed by atoms with Gasteiger partial charge >= 0.3 is 0 Å². The van der Waals surface area contributed by atoms with Gasteiger partial charge in [-0.05, 0) is 32.1 Å². The van der Waals surface area contributed by atoms with E-state index in [1.807, 2.05) is 9.80 Å². The third kappa shape index (κ3) is 3.89. The molecule has 1 aromatic rings. The van der Waals surface area contributed by atoms with E-state index < -0.39 is 0 Å². The van der Waals surface area contributed by atoms with Gasteiger partial charge in [0.25, 0.3) is 0 Å². The first kappa shape index (κ1) is 19.3. The Hall–Kier alpha value is -1.67. The van der Waals surface area contributed by atoms with Gasteiger partial charge in [-0.1, -0.05) is 6.42 Å². The Morgan fingerprint density at radius 2 is 1.59 bits per heavy atom. The van der Waals surface area contributed by atoms with Crippen molar-refractivity contribution in [1.82, 2.24) is 14.8 Å². The number of carbonyl (C=O) groups excluding carboxylic acids is 2. The number of rotatable bonds is 3. The van der Waals surface area contributed by atoms with E-state index in [1.54, 1.807) is 11.3 Å². The standard InChI is InChI=1S/C21H30N4O3S/c26-19(15-2-1-3-15)23-6-8-25(9-7-23)21-22-17-5-4-16(14-18(17)29-21)20(27)24-10-12-28-13-11-24/h15-16H,1-14H2/t16-/m0/s1. The molecule has 1 atom stereocenters. The lowest BCUT2D eigenvalue weighted by Crippen LogP contribution is -2.51. The Bertz CT molecular complexity index is 764. The minimum Gasteiger partial charge on any atom is -0.378 e. The average molecular weight is 419 g/mol. The lowest BCUT2D eigenvalue weighted by atomic mass is 9.84. The van der Waals surface area contributed by atoms with E-state index in [0.717, 1.165) is 76.5 Å². The molecule has 2 amide bonds. The number of hydrogen-bond donors (Lipinski definition) is 0. The van der Waals surface area contributed by atoms with E-state index in [2.05, 4.69) is 4.90 Å². The van der Waals surface area contributed by atoms with Crippen molar-refractivity contribution in [2.45, 2.75) is 38.5 Å². The molecule has 0 radical (unpaired) electrons. The molecule has 0 unspecified atom stereocenters. The number of morpholine rings is 1. The molecule has 0 aromatic carbocycles. The summed E-state index contributed by atoms with van der Waals surface area (Å²) in [5, 5.41) is 1.07. The Balaban J connectivity index is 1.18. The molecule has 3 fully saturated rings. The molecule has 158 valence electrons. The van der Waals surface area contributed by atoms with Crippen LogP contribution in [0.4, 0.5) is 5.13 Å². The van der Waals surface area contributed by atoms with Crippen LogP contribution in [0.15, 0.2) is 0 Å². The summed E-state index contributed by atoms with van der Waals surface area (Å²) >= 11 is 1.76. The first-order chi connectivity index (χ1) is 14.2. The van der Waals surface area contributed by atoms with Gasteiger partial charge in [0.2, 0.25) is 11.8 Å². The van der Waals surface area contributed by atoms with Gasteiger partial charge < -0.3 is 19.4 Å². The molecule has 0 spiro atoms. The molecule has 29 heavy (non-hydrogen) atoms. The molecule has 1 aromatic heterocycles. The molecule has 8 heteroatoms. The summed E-state index contributed by atoms with van der Waals surface area (Å²) in [7, 11) is 0. The summed E-state index contributed by atoms with van der Waals surface area (Å²) in [4.78, 5) is 37.9. The third-order valence-electron chi connectivity index (χ3n) is 6.92. The highest BCUT2D eigenvalue weighted by molar-refractivity contribution is 7.15. The number of amides is 2. The van der Waals surface area contributed by atoms with E-state index in [9.17, 15) is 9.59 Å². The Morgan fingerprint density at radius 3 is 2.28 bits per heavy atom. The number of nitrogens with zero attached hydrogens (tertiary/aromatic N) is 4. The highest BCUT2D eigenvalue weighted by atomic mass is 32.1. The summed E-state index contributed by atoms with van der Waals surface area (Å²) in [6, 6.07) is 0. The van der Waals surface area contributed by atoms with Gasteiger partial charge in [-0.3, -0.25) is 9.59 Å². The van der Waals surface area contributed by atoms with Crippen molar-refractivity contribution in [2.75, 3.05) is 57.4 Å². The van der Waals surface area contributed by atoms with Crippen LogP contribution < -0.4 is 4.90 Å². The van der Waals surface area contributed by atoms with Crippen molar-refractivity contribution >= 4 is 28.3 Å². The van der Waals surface area contributed by atoms with Gasteiger partial charge in [0.05, 0.1) is 18.9 Å². The smallest absolute Gasteiger partial charge is 0.226 e. The lowest BCUT2D eigenvalue weighted by molar-refractivity contribution is -0.140. The molecular formula is C21H30N4O3S. The second-order valence-corrected chi connectivity index (χ2v) is 9.75. The van der Waals surface area contributed by atoms with Crippen molar-refractivity contribution in [2.24, 2.45) is 11.8 Å². The van der Waals surface area contributed by atoms with Crippen LogP contribution in [0, 0.1) is 11.8 Å². The zero-order chi connectivity index (χ0) is 19.8.